The Bertz CT molecular complexity index is 292. The molecule has 0 saturated carbocycles. The minimum absolute atomic E-state index is 0.377. The van der Waals surface area contributed by atoms with E-state index in [1.54, 1.807) is 11.3 Å². The molecule has 1 aromatic rings. The molecular weight excluding hydrogens is 230 g/mol. The molecule has 0 radical (unpaired) electrons. The van der Waals surface area contributed by atoms with Gasteiger partial charge >= 0.3 is 0 Å². The van der Waals surface area contributed by atoms with Crippen molar-refractivity contribution in [2.24, 2.45) is 0 Å². The molecule has 1 aromatic heterocycles. The van der Waals surface area contributed by atoms with Crippen LogP contribution in [0.4, 0.5) is 0 Å². The van der Waals surface area contributed by atoms with Crippen molar-refractivity contribution < 1.29 is 0 Å². The Labute approximate surface area is 108 Å². The summed E-state index contributed by atoms with van der Waals surface area (Å²) >= 11 is 1.73. The molecule has 4 heteroatoms. The van der Waals surface area contributed by atoms with Crippen LogP contribution in [0.5, 0.6) is 0 Å². The zero-order chi connectivity index (χ0) is 11.9. The monoisotopic (exact) mass is 253 g/mol. The van der Waals surface area contributed by atoms with Crippen molar-refractivity contribution in [1.82, 2.24) is 15.6 Å². The lowest BCUT2D eigenvalue weighted by Crippen LogP contribution is -2.40. The van der Waals surface area contributed by atoms with Gasteiger partial charge < -0.3 is 10.6 Å². The predicted molar refractivity (Wildman–Crippen MR) is 73.4 cm³/mol. The third-order valence-corrected chi connectivity index (χ3v) is 4.36. The van der Waals surface area contributed by atoms with Crippen LogP contribution >= 0.6 is 11.3 Å². The first kappa shape index (κ1) is 13.0. The van der Waals surface area contributed by atoms with Crippen LogP contribution in [0.1, 0.15) is 50.1 Å². The SMILES string of the molecule is CC(NCC1CCCCCCN1)c1nccs1. The van der Waals surface area contributed by atoms with Crippen molar-refractivity contribution in [1.29, 1.82) is 0 Å². The molecule has 2 unspecified atom stereocenters. The molecular formula is C13H23N3S. The molecule has 3 nitrogen and oxygen atoms in total. The van der Waals surface area contributed by atoms with Crippen LogP contribution in [0.25, 0.3) is 0 Å². The third-order valence-electron chi connectivity index (χ3n) is 3.40. The van der Waals surface area contributed by atoms with Gasteiger partial charge in [0.15, 0.2) is 0 Å². The van der Waals surface area contributed by atoms with Crippen LogP contribution in [0.15, 0.2) is 11.6 Å². The summed E-state index contributed by atoms with van der Waals surface area (Å²) in [4.78, 5) is 4.35. The van der Waals surface area contributed by atoms with Gasteiger partial charge in [-0.05, 0) is 26.3 Å². The highest BCUT2D eigenvalue weighted by Gasteiger charge is 2.13. The second-order valence-corrected chi connectivity index (χ2v) is 5.78. The fourth-order valence-corrected chi connectivity index (χ4v) is 2.98. The van der Waals surface area contributed by atoms with Crippen LogP contribution in [-0.2, 0) is 0 Å². The fourth-order valence-electron chi connectivity index (χ4n) is 2.31. The first-order valence-electron chi connectivity index (χ1n) is 6.72. The number of aromatic nitrogens is 1. The van der Waals surface area contributed by atoms with E-state index in [1.165, 1.54) is 43.7 Å². The number of hydrogen-bond acceptors (Lipinski definition) is 4. The lowest BCUT2D eigenvalue weighted by molar-refractivity contribution is 0.385. The van der Waals surface area contributed by atoms with Crippen molar-refractivity contribution in [3.05, 3.63) is 16.6 Å². The second kappa shape index (κ2) is 7.09. The molecule has 0 spiro atoms. The van der Waals surface area contributed by atoms with Crippen LogP contribution < -0.4 is 10.6 Å². The Kier molecular flexibility index (Phi) is 5.42. The van der Waals surface area contributed by atoms with Crippen molar-refractivity contribution in [2.75, 3.05) is 13.1 Å². The standard InChI is InChI=1S/C13H23N3S/c1-11(13-15-8-9-17-13)16-10-12-6-4-2-3-5-7-14-12/h8-9,11-12,14,16H,2-7,10H2,1H3. The van der Waals surface area contributed by atoms with Crippen molar-refractivity contribution in [3.8, 4) is 0 Å². The Hall–Kier alpha value is -0.450. The average Bonchev–Trinajstić information content (AvgIpc) is 2.80. The number of hydrogen-bond donors (Lipinski definition) is 2. The maximum absolute atomic E-state index is 4.35. The minimum Gasteiger partial charge on any atom is -0.313 e. The molecule has 2 N–H and O–H groups in total. The maximum Gasteiger partial charge on any atom is 0.109 e. The van der Waals surface area contributed by atoms with E-state index in [-0.39, 0.29) is 0 Å². The molecule has 0 aliphatic carbocycles. The van der Waals surface area contributed by atoms with Gasteiger partial charge in [-0.1, -0.05) is 19.3 Å². The van der Waals surface area contributed by atoms with Crippen LogP contribution in [0, 0.1) is 0 Å². The largest absolute Gasteiger partial charge is 0.313 e. The molecule has 1 aliphatic heterocycles. The Morgan fingerprint density at radius 2 is 2.35 bits per heavy atom. The van der Waals surface area contributed by atoms with Gasteiger partial charge in [0, 0.05) is 24.2 Å². The lowest BCUT2D eigenvalue weighted by atomic mass is 10.0. The first-order chi connectivity index (χ1) is 8.36. The van der Waals surface area contributed by atoms with Gasteiger partial charge in [-0.15, -0.1) is 11.3 Å². The summed E-state index contributed by atoms with van der Waals surface area (Å²) in [6, 6.07) is 1.01. The van der Waals surface area contributed by atoms with Crippen molar-refractivity contribution in [2.45, 2.75) is 51.1 Å². The van der Waals surface area contributed by atoms with E-state index in [0.717, 1.165) is 6.54 Å². The van der Waals surface area contributed by atoms with Gasteiger partial charge in [0.2, 0.25) is 0 Å². The fraction of sp³-hybridized carbons (Fsp3) is 0.769. The van der Waals surface area contributed by atoms with Crippen LogP contribution in [0.3, 0.4) is 0 Å². The summed E-state index contributed by atoms with van der Waals surface area (Å²) in [5.74, 6) is 0. The molecule has 17 heavy (non-hydrogen) atoms. The summed E-state index contributed by atoms with van der Waals surface area (Å²) in [6.45, 7) is 4.43. The molecule has 0 bridgehead atoms. The molecule has 2 atom stereocenters. The van der Waals surface area contributed by atoms with Gasteiger partial charge in [0.05, 0.1) is 6.04 Å². The molecule has 1 saturated heterocycles. The molecule has 0 amide bonds. The lowest BCUT2D eigenvalue weighted by Gasteiger charge is -2.23. The third kappa shape index (κ3) is 4.37. The van der Waals surface area contributed by atoms with E-state index >= 15 is 0 Å². The summed E-state index contributed by atoms with van der Waals surface area (Å²) in [5, 5.41) is 10.5. The maximum atomic E-state index is 4.35. The van der Waals surface area contributed by atoms with Gasteiger partial charge in [0.25, 0.3) is 0 Å². The van der Waals surface area contributed by atoms with E-state index in [4.69, 9.17) is 0 Å². The molecule has 1 aliphatic rings. The highest BCUT2D eigenvalue weighted by atomic mass is 32.1. The van der Waals surface area contributed by atoms with Gasteiger partial charge in [0.1, 0.15) is 5.01 Å². The van der Waals surface area contributed by atoms with Crippen molar-refractivity contribution in [3.63, 3.8) is 0 Å². The first-order valence-corrected chi connectivity index (χ1v) is 7.60. The quantitative estimate of drug-likeness (QED) is 0.866. The number of nitrogens with one attached hydrogen (secondary N) is 2. The van der Waals surface area contributed by atoms with E-state index in [2.05, 4.69) is 22.5 Å². The van der Waals surface area contributed by atoms with E-state index in [9.17, 15) is 0 Å². The summed E-state index contributed by atoms with van der Waals surface area (Å²) in [5.41, 5.74) is 0. The molecule has 96 valence electrons. The second-order valence-electron chi connectivity index (χ2n) is 4.85. The molecule has 1 fully saturated rings. The molecule has 2 rings (SSSR count). The Balaban J connectivity index is 1.72. The number of rotatable bonds is 4. The van der Waals surface area contributed by atoms with Crippen molar-refractivity contribution >= 4 is 11.3 Å². The summed E-state index contributed by atoms with van der Waals surface area (Å²) in [7, 11) is 0. The molecule has 2 heterocycles. The summed E-state index contributed by atoms with van der Waals surface area (Å²) in [6.07, 6.45) is 8.68. The predicted octanol–water partition coefficient (Wildman–Crippen LogP) is 2.72. The zero-order valence-corrected chi connectivity index (χ0v) is 11.4. The number of nitrogens with zero attached hydrogens (tertiary/aromatic N) is 1. The van der Waals surface area contributed by atoms with E-state index < -0.39 is 0 Å². The Morgan fingerprint density at radius 1 is 1.47 bits per heavy atom. The molecule has 0 aromatic carbocycles. The smallest absolute Gasteiger partial charge is 0.109 e. The van der Waals surface area contributed by atoms with E-state index in [0.29, 0.717) is 12.1 Å². The normalized spacial score (nSPS) is 23.9. The van der Waals surface area contributed by atoms with Crippen LogP contribution in [0.2, 0.25) is 0 Å². The van der Waals surface area contributed by atoms with Gasteiger partial charge in [-0.3, -0.25) is 0 Å². The van der Waals surface area contributed by atoms with E-state index in [1.807, 2.05) is 11.6 Å². The van der Waals surface area contributed by atoms with Crippen LogP contribution in [-0.4, -0.2) is 24.1 Å². The van der Waals surface area contributed by atoms with Gasteiger partial charge in [-0.25, -0.2) is 4.98 Å². The number of thiazole rings is 1. The Morgan fingerprint density at radius 3 is 3.18 bits per heavy atom. The average molecular weight is 253 g/mol. The topological polar surface area (TPSA) is 37.0 Å². The van der Waals surface area contributed by atoms with Gasteiger partial charge in [-0.2, -0.15) is 0 Å². The highest BCUT2D eigenvalue weighted by molar-refractivity contribution is 7.09. The summed E-state index contributed by atoms with van der Waals surface area (Å²) < 4.78 is 0. The minimum atomic E-state index is 0.377. The zero-order valence-electron chi connectivity index (χ0n) is 10.6. The highest BCUT2D eigenvalue weighted by Crippen LogP contribution is 2.15.